The number of rotatable bonds is 2. The molecule has 1 amide bonds. The standard InChI is InChI=1S/C12H7BrN2OS/c13-11-5-9(7-17-11)12(16)15-10-3-1-8(6-14)2-4-10/h1-5,7H,(H,15,16). The molecular formula is C12H7BrN2OS. The third-order valence-corrected chi connectivity index (χ3v) is 3.61. The Labute approximate surface area is 111 Å². The van der Waals surface area contributed by atoms with Gasteiger partial charge in [0.15, 0.2) is 0 Å². The molecule has 84 valence electrons. The molecule has 2 rings (SSSR count). The van der Waals surface area contributed by atoms with Gasteiger partial charge < -0.3 is 5.32 Å². The van der Waals surface area contributed by atoms with Crippen LogP contribution in [0.2, 0.25) is 0 Å². The van der Waals surface area contributed by atoms with Crippen LogP contribution in [0, 0.1) is 11.3 Å². The van der Waals surface area contributed by atoms with Crippen LogP contribution >= 0.6 is 27.3 Å². The van der Waals surface area contributed by atoms with Crippen LogP contribution in [0.15, 0.2) is 39.5 Å². The van der Waals surface area contributed by atoms with Gasteiger partial charge in [0, 0.05) is 11.1 Å². The van der Waals surface area contributed by atoms with Crippen molar-refractivity contribution in [2.45, 2.75) is 0 Å². The lowest BCUT2D eigenvalue weighted by molar-refractivity contribution is 0.102. The van der Waals surface area contributed by atoms with Crippen molar-refractivity contribution in [3.63, 3.8) is 0 Å². The Morgan fingerprint density at radius 3 is 2.59 bits per heavy atom. The van der Waals surface area contributed by atoms with E-state index in [2.05, 4.69) is 21.2 Å². The van der Waals surface area contributed by atoms with Crippen molar-refractivity contribution in [1.29, 1.82) is 5.26 Å². The normalized spacial score (nSPS) is 9.65. The molecule has 0 saturated heterocycles. The van der Waals surface area contributed by atoms with E-state index in [0.717, 1.165) is 3.79 Å². The number of anilines is 1. The molecule has 0 radical (unpaired) electrons. The molecule has 17 heavy (non-hydrogen) atoms. The summed E-state index contributed by atoms with van der Waals surface area (Å²) in [4.78, 5) is 11.8. The van der Waals surface area contributed by atoms with Crippen LogP contribution in [-0.2, 0) is 0 Å². The van der Waals surface area contributed by atoms with Gasteiger partial charge in [-0.25, -0.2) is 0 Å². The summed E-state index contributed by atoms with van der Waals surface area (Å²) in [7, 11) is 0. The highest BCUT2D eigenvalue weighted by molar-refractivity contribution is 9.11. The first kappa shape index (κ1) is 11.8. The lowest BCUT2D eigenvalue weighted by Crippen LogP contribution is -2.10. The van der Waals surface area contributed by atoms with Crippen LogP contribution in [0.5, 0.6) is 0 Å². The Balaban J connectivity index is 2.11. The second kappa shape index (κ2) is 5.13. The van der Waals surface area contributed by atoms with Crippen LogP contribution in [0.1, 0.15) is 15.9 Å². The second-order valence-electron chi connectivity index (χ2n) is 3.28. The minimum absolute atomic E-state index is 0.156. The van der Waals surface area contributed by atoms with E-state index in [9.17, 15) is 4.79 Å². The molecule has 0 unspecified atom stereocenters. The van der Waals surface area contributed by atoms with Gasteiger partial charge in [-0.05, 0) is 46.3 Å². The predicted molar refractivity (Wildman–Crippen MR) is 71.1 cm³/mol. The minimum atomic E-state index is -0.156. The number of carbonyl (C=O) groups is 1. The number of halogens is 1. The molecule has 1 aromatic heterocycles. The van der Waals surface area contributed by atoms with Crippen molar-refractivity contribution in [1.82, 2.24) is 0 Å². The summed E-state index contributed by atoms with van der Waals surface area (Å²) in [6, 6.07) is 10.5. The third-order valence-electron chi connectivity index (χ3n) is 2.10. The van der Waals surface area contributed by atoms with Gasteiger partial charge in [0.2, 0.25) is 0 Å². The highest BCUT2D eigenvalue weighted by Gasteiger charge is 2.07. The number of hydrogen-bond donors (Lipinski definition) is 1. The van der Waals surface area contributed by atoms with E-state index in [1.54, 1.807) is 35.7 Å². The van der Waals surface area contributed by atoms with Gasteiger partial charge in [-0.2, -0.15) is 5.26 Å². The number of benzene rings is 1. The maximum Gasteiger partial charge on any atom is 0.256 e. The molecule has 1 heterocycles. The zero-order valence-electron chi connectivity index (χ0n) is 8.61. The Hall–Kier alpha value is -1.64. The van der Waals surface area contributed by atoms with E-state index in [0.29, 0.717) is 16.8 Å². The second-order valence-corrected chi connectivity index (χ2v) is 5.57. The molecule has 0 aliphatic rings. The van der Waals surface area contributed by atoms with E-state index in [1.807, 2.05) is 6.07 Å². The van der Waals surface area contributed by atoms with Gasteiger partial charge in [-0.1, -0.05) is 0 Å². The van der Waals surface area contributed by atoms with Gasteiger partial charge in [-0.15, -0.1) is 11.3 Å². The van der Waals surface area contributed by atoms with Gasteiger partial charge in [0.25, 0.3) is 5.91 Å². The van der Waals surface area contributed by atoms with Crippen molar-refractivity contribution < 1.29 is 4.79 Å². The fourth-order valence-corrected chi connectivity index (χ4v) is 2.40. The Bertz CT molecular complexity index is 583. The molecule has 5 heteroatoms. The smallest absolute Gasteiger partial charge is 0.256 e. The summed E-state index contributed by atoms with van der Waals surface area (Å²) in [5.74, 6) is -0.156. The lowest BCUT2D eigenvalue weighted by atomic mass is 10.2. The average molecular weight is 307 g/mol. The topological polar surface area (TPSA) is 52.9 Å². The highest BCUT2D eigenvalue weighted by Crippen LogP contribution is 2.21. The summed E-state index contributed by atoms with van der Waals surface area (Å²) in [5, 5.41) is 13.2. The summed E-state index contributed by atoms with van der Waals surface area (Å²) in [6.45, 7) is 0. The van der Waals surface area contributed by atoms with Crippen LogP contribution < -0.4 is 5.32 Å². The van der Waals surface area contributed by atoms with Gasteiger partial charge in [0.1, 0.15) is 0 Å². The third kappa shape index (κ3) is 2.93. The maximum atomic E-state index is 11.8. The quantitative estimate of drug-likeness (QED) is 0.921. The SMILES string of the molecule is N#Cc1ccc(NC(=O)c2csc(Br)c2)cc1. The highest BCUT2D eigenvalue weighted by atomic mass is 79.9. The molecule has 1 N–H and O–H groups in total. The van der Waals surface area contributed by atoms with E-state index in [1.165, 1.54) is 11.3 Å². The van der Waals surface area contributed by atoms with E-state index in [-0.39, 0.29) is 5.91 Å². The molecule has 2 aromatic rings. The zero-order chi connectivity index (χ0) is 12.3. The van der Waals surface area contributed by atoms with Crippen LogP contribution in [0.4, 0.5) is 5.69 Å². The molecule has 0 aliphatic carbocycles. The molecule has 3 nitrogen and oxygen atoms in total. The first-order chi connectivity index (χ1) is 8.19. The van der Waals surface area contributed by atoms with Crippen molar-refractivity contribution in [3.8, 4) is 6.07 Å². The van der Waals surface area contributed by atoms with Crippen molar-refractivity contribution in [2.75, 3.05) is 5.32 Å². The van der Waals surface area contributed by atoms with Crippen molar-refractivity contribution >= 4 is 38.9 Å². The number of nitriles is 1. The minimum Gasteiger partial charge on any atom is -0.322 e. The first-order valence-corrected chi connectivity index (χ1v) is 6.42. The molecule has 0 saturated carbocycles. The van der Waals surface area contributed by atoms with E-state index >= 15 is 0 Å². The fraction of sp³-hybridized carbons (Fsp3) is 0. The fourth-order valence-electron chi connectivity index (χ4n) is 1.26. The van der Waals surface area contributed by atoms with Crippen LogP contribution in [0.3, 0.4) is 0 Å². The summed E-state index contributed by atoms with van der Waals surface area (Å²) in [5.41, 5.74) is 1.86. The van der Waals surface area contributed by atoms with Crippen LogP contribution in [-0.4, -0.2) is 5.91 Å². The number of thiophene rings is 1. The average Bonchev–Trinajstić information content (AvgIpc) is 2.77. The summed E-state index contributed by atoms with van der Waals surface area (Å²) in [6.07, 6.45) is 0. The zero-order valence-corrected chi connectivity index (χ0v) is 11.0. The molecule has 0 fully saturated rings. The number of nitrogens with zero attached hydrogens (tertiary/aromatic N) is 1. The number of carbonyl (C=O) groups excluding carboxylic acids is 1. The first-order valence-electron chi connectivity index (χ1n) is 4.74. The van der Waals surface area contributed by atoms with Crippen molar-refractivity contribution in [3.05, 3.63) is 50.6 Å². The molecule has 0 bridgehead atoms. The van der Waals surface area contributed by atoms with E-state index < -0.39 is 0 Å². The monoisotopic (exact) mass is 306 g/mol. The molecule has 0 atom stereocenters. The Kier molecular flexibility index (Phi) is 3.57. The molecule has 1 aromatic carbocycles. The number of nitrogens with one attached hydrogen (secondary N) is 1. The van der Waals surface area contributed by atoms with Gasteiger partial charge in [-0.3, -0.25) is 4.79 Å². The van der Waals surface area contributed by atoms with Gasteiger partial charge >= 0.3 is 0 Å². The largest absolute Gasteiger partial charge is 0.322 e. The van der Waals surface area contributed by atoms with Crippen molar-refractivity contribution in [2.24, 2.45) is 0 Å². The Morgan fingerprint density at radius 2 is 2.06 bits per heavy atom. The lowest BCUT2D eigenvalue weighted by Gasteiger charge is -2.03. The van der Waals surface area contributed by atoms with Gasteiger partial charge in [0.05, 0.1) is 21.0 Å². The summed E-state index contributed by atoms with van der Waals surface area (Å²) < 4.78 is 0.919. The number of hydrogen-bond acceptors (Lipinski definition) is 3. The molecule has 0 aliphatic heterocycles. The Morgan fingerprint density at radius 1 is 1.35 bits per heavy atom. The van der Waals surface area contributed by atoms with Crippen LogP contribution in [0.25, 0.3) is 0 Å². The number of amides is 1. The molecule has 0 spiro atoms. The predicted octanol–water partition coefficient (Wildman–Crippen LogP) is 3.63. The van der Waals surface area contributed by atoms with E-state index in [4.69, 9.17) is 5.26 Å². The summed E-state index contributed by atoms with van der Waals surface area (Å²) >= 11 is 4.77. The maximum absolute atomic E-state index is 11.8. The molecular weight excluding hydrogens is 300 g/mol.